The second kappa shape index (κ2) is 8.03. The molecule has 0 bridgehead atoms. The molecule has 6 heteroatoms. The first-order valence-electron chi connectivity index (χ1n) is 8.17. The molecule has 0 spiro atoms. The van der Waals surface area contributed by atoms with E-state index < -0.39 is 0 Å². The van der Waals surface area contributed by atoms with Crippen LogP contribution < -0.4 is 4.80 Å². The molecule has 0 N–H and O–H groups in total. The molecule has 0 radical (unpaired) electrons. The molecule has 4 rings (SSSR count). The summed E-state index contributed by atoms with van der Waals surface area (Å²) in [5.74, 6) is 0. The van der Waals surface area contributed by atoms with Crippen molar-refractivity contribution in [1.82, 2.24) is 9.78 Å². The highest BCUT2D eigenvalue weighted by Gasteiger charge is 2.08. The summed E-state index contributed by atoms with van der Waals surface area (Å²) in [5, 5.41) is 16.5. The van der Waals surface area contributed by atoms with Crippen LogP contribution in [0.15, 0.2) is 88.4 Å². The van der Waals surface area contributed by atoms with Crippen molar-refractivity contribution in [2.75, 3.05) is 0 Å². The van der Waals surface area contributed by atoms with E-state index >= 15 is 0 Å². The Kier molecular flexibility index (Phi) is 5.14. The number of benzene rings is 2. The minimum atomic E-state index is 0.759. The average Bonchev–Trinajstić information content (AvgIpc) is 3.34. The van der Waals surface area contributed by atoms with Crippen LogP contribution in [-0.4, -0.2) is 16.0 Å². The van der Waals surface area contributed by atoms with Crippen molar-refractivity contribution in [2.24, 2.45) is 10.2 Å². The van der Waals surface area contributed by atoms with E-state index in [1.807, 2.05) is 65.3 Å². The number of aromatic nitrogens is 2. The standard InChI is InChI=1S/C20H16N4S2/c1-3-8-16(9-4-1)15-21-22-20-24(17-10-5-2-6-11-17)23-19(26-20)14-18-12-7-13-25-18/h1-13,15H,14H2/b21-15+,22-20-. The molecule has 0 aliphatic heterocycles. The molecule has 0 unspecified atom stereocenters. The smallest absolute Gasteiger partial charge is 0.204 e. The van der Waals surface area contributed by atoms with Crippen molar-refractivity contribution in [1.29, 1.82) is 0 Å². The van der Waals surface area contributed by atoms with Gasteiger partial charge in [0.1, 0.15) is 5.01 Å². The van der Waals surface area contributed by atoms with Crippen molar-refractivity contribution in [3.63, 3.8) is 0 Å². The van der Waals surface area contributed by atoms with Gasteiger partial charge in [0.25, 0.3) is 0 Å². The maximum absolute atomic E-state index is 4.76. The van der Waals surface area contributed by atoms with Gasteiger partial charge in [0.05, 0.1) is 11.9 Å². The largest absolute Gasteiger partial charge is 0.233 e. The Bertz CT molecular complexity index is 1050. The highest BCUT2D eigenvalue weighted by molar-refractivity contribution is 7.11. The molecule has 128 valence electrons. The monoisotopic (exact) mass is 376 g/mol. The number of nitrogens with zero attached hydrogens (tertiary/aromatic N) is 4. The van der Waals surface area contributed by atoms with E-state index in [4.69, 9.17) is 5.10 Å². The second-order valence-corrected chi connectivity index (χ2v) is 7.61. The molecule has 2 aromatic heterocycles. The Morgan fingerprint density at radius 2 is 1.69 bits per heavy atom. The van der Waals surface area contributed by atoms with Gasteiger partial charge < -0.3 is 0 Å². The summed E-state index contributed by atoms with van der Waals surface area (Å²) in [5.41, 5.74) is 2.00. The first-order valence-corrected chi connectivity index (χ1v) is 9.87. The third-order valence-corrected chi connectivity index (χ3v) is 5.43. The number of rotatable bonds is 5. The summed E-state index contributed by atoms with van der Waals surface area (Å²) in [6.07, 6.45) is 2.57. The number of para-hydroxylation sites is 1. The van der Waals surface area contributed by atoms with Gasteiger partial charge in [0.15, 0.2) is 0 Å². The van der Waals surface area contributed by atoms with Gasteiger partial charge >= 0.3 is 0 Å². The van der Waals surface area contributed by atoms with E-state index in [9.17, 15) is 0 Å². The Labute approximate surface area is 159 Å². The fourth-order valence-corrected chi connectivity index (χ4v) is 4.12. The van der Waals surface area contributed by atoms with E-state index in [1.54, 1.807) is 28.9 Å². The molecule has 0 aliphatic rings. The van der Waals surface area contributed by atoms with Crippen molar-refractivity contribution >= 4 is 28.9 Å². The Balaban J connectivity index is 1.70. The summed E-state index contributed by atoms with van der Waals surface area (Å²) in [7, 11) is 0. The van der Waals surface area contributed by atoms with Crippen LogP contribution in [0.1, 0.15) is 15.4 Å². The zero-order valence-corrected chi connectivity index (χ0v) is 15.5. The first kappa shape index (κ1) is 16.6. The van der Waals surface area contributed by atoms with Crippen LogP contribution in [0, 0.1) is 0 Å². The number of thiophene rings is 1. The molecule has 0 fully saturated rings. The van der Waals surface area contributed by atoms with Gasteiger partial charge in [-0.3, -0.25) is 0 Å². The summed E-state index contributed by atoms with van der Waals surface area (Å²) >= 11 is 3.31. The molecule has 26 heavy (non-hydrogen) atoms. The van der Waals surface area contributed by atoms with Crippen LogP contribution in [0.25, 0.3) is 5.69 Å². The molecular weight excluding hydrogens is 360 g/mol. The van der Waals surface area contributed by atoms with Crippen molar-refractivity contribution in [3.8, 4) is 5.69 Å². The molecular formula is C20H16N4S2. The molecule has 0 saturated carbocycles. The normalized spacial score (nSPS) is 12.1. The third kappa shape index (κ3) is 4.04. The molecule has 0 aliphatic carbocycles. The summed E-state index contributed by atoms with van der Waals surface area (Å²) < 4.78 is 1.86. The van der Waals surface area contributed by atoms with Crippen LogP contribution in [-0.2, 0) is 6.42 Å². The molecule has 4 aromatic rings. The summed E-state index contributed by atoms with van der Waals surface area (Å²) in [4.78, 5) is 2.05. The predicted molar refractivity (Wildman–Crippen MR) is 108 cm³/mol. The SMILES string of the molecule is C(=N\N=c1/sc(Cc2cccs2)nn1-c1ccccc1)/c1ccccc1. The van der Waals surface area contributed by atoms with Gasteiger partial charge in [0, 0.05) is 11.3 Å². The van der Waals surface area contributed by atoms with Crippen LogP contribution in [0.3, 0.4) is 0 Å². The predicted octanol–water partition coefficient (Wildman–Crippen LogP) is 4.52. The molecule has 0 saturated heterocycles. The van der Waals surface area contributed by atoms with E-state index in [0.29, 0.717) is 0 Å². The Morgan fingerprint density at radius 1 is 0.923 bits per heavy atom. The van der Waals surface area contributed by atoms with E-state index in [1.165, 1.54) is 4.88 Å². The Hall–Kier alpha value is -2.83. The van der Waals surface area contributed by atoms with Gasteiger partial charge in [-0.2, -0.15) is 10.2 Å². The summed E-state index contributed by atoms with van der Waals surface area (Å²) in [6, 6.07) is 24.2. The van der Waals surface area contributed by atoms with Crippen LogP contribution in [0.4, 0.5) is 0 Å². The summed E-state index contributed by atoms with van der Waals surface area (Å²) in [6.45, 7) is 0. The fraction of sp³-hybridized carbons (Fsp3) is 0.0500. The lowest BCUT2D eigenvalue weighted by molar-refractivity contribution is 0.801. The quantitative estimate of drug-likeness (QED) is 0.373. The lowest BCUT2D eigenvalue weighted by Gasteiger charge is -1.99. The zero-order chi connectivity index (χ0) is 17.6. The number of hydrogen-bond acceptors (Lipinski definition) is 5. The zero-order valence-electron chi connectivity index (χ0n) is 13.9. The van der Waals surface area contributed by atoms with Gasteiger partial charge in [0.2, 0.25) is 4.80 Å². The molecule has 4 nitrogen and oxygen atoms in total. The average molecular weight is 377 g/mol. The van der Waals surface area contributed by atoms with Crippen LogP contribution in [0.2, 0.25) is 0 Å². The van der Waals surface area contributed by atoms with E-state index in [-0.39, 0.29) is 0 Å². The van der Waals surface area contributed by atoms with Crippen LogP contribution >= 0.6 is 22.7 Å². The molecule has 2 heterocycles. The minimum absolute atomic E-state index is 0.759. The van der Waals surface area contributed by atoms with Crippen molar-refractivity contribution < 1.29 is 0 Å². The van der Waals surface area contributed by atoms with Crippen LogP contribution in [0.5, 0.6) is 0 Å². The molecule has 0 amide bonds. The first-order chi connectivity index (χ1) is 12.9. The lowest BCUT2D eigenvalue weighted by Crippen LogP contribution is -2.13. The number of hydrogen-bond donors (Lipinski definition) is 0. The van der Waals surface area contributed by atoms with E-state index in [0.717, 1.165) is 27.5 Å². The maximum Gasteiger partial charge on any atom is 0.233 e. The van der Waals surface area contributed by atoms with Gasteiger partial charge in [-0.05, 0) is 29.1 Å². The lowest BCUT2D eigenvalue weighted by atomic mass is 10.2. The topological polar surface area (TPSA) is 42.5 Å². The van der Waals surface area contributed by atoms with Gasteiger partial charge in [-0.15, -0.1) is 16.4 Å². The van der Waals surface area contributed by atoms with Gasteiger partial charge in [-0.1, -0.05) is 65.9 Å². The molecule has 2 aromatic carbocycles. The molecule has 0 atom stereocenters. The highest BCUT2D eigenvalue weighted by atomic mass is 32.1. The highest BCUT2D eigenvalue weighted by Crippen LogP contribution is 2.16. The third-order valence-electron chi connectivity index (χ3n) is 3.66. The maximum atomic E-state index is 4.76. The van der Waals surface area contributed by atoms with Crippen molar-refractivity contribution in [3.05, 3.63) is 98.4 Å². The fourth-order valence-electron chi connectivity index (χ4n) is 2.44. The minimum Gasteiger partial charge on any atom is -0.204 e. The second-order valence-electron chi connectivity index (χ2n) is 5.54. The van der Waals surface area contributed by atoms with Crippen molar-refractivity contribution in [2.45, 2.75) is 6.42 Å². The van der Waals surface area contributed by atoms with E-state index in [2.05, 4.69) is 27.7 Å². The Morgan fingerprint density at radius 3 is 2.42 bits per heavy atom. The van der Waals surface area contributed by atoms with Gasteiger partial charge in [-0.25, -0.2) is 4.68 Å².